The van der Waals surface area contributed by atoms with E-state index >= 15 is 0 Å². The Kier molecular flexibility index (Phi) is 4.05. The van der Waals surface area contributed by atoms with Gasteiger partial charge in [0.15, 0.2) is 0 Å². The highest BCUT2D eigenvalue weighted by Gasteiger charge is 2.28. The number of H-pyrrole nitrogens is 1. The number of aryl methyl sites for hydroxylation is 1. The zero-order chi connectivity index (χ0) is 14.8. The van der Waals surface area contributed by atoms with E-state index in [-0.39, 0.29) is 17.9 Å². The number of nitrogens with zero attached hydrogens (tertiary/aromatic N) is 2. The highest BCUT2D eigenvalue weighted by Crippen LogP contribution is 2.30. The Bertz CT molecular complexity index is 637. The van der Waals surface area contributed by atoms with Crippen LogP contribution in [0.3, 0.4) is 0 Å². The molecule has 0 saturated carbocycles. The van der Waals surface area contributed by atoms with E-state index in [1.165, 1.54) is 0 Å². The Morgan fingerprint density at radius 1 is 1.48 bits per heavy atom. The van der Waals surface area contributed by atoms with Crippen molar-refractivity contribution in [2.75, 3.05) is 0 Å². The summed E-state index contributed by atoms with van der Waals surface area (Å²) < 4.78 is 0.931. The predicted octanol–water partition coefficient (Wildman–Crippen LogP) is 2.86. The molecule has 0 aromatic carbocycles. The van der Waals surface area contributed by atoms with Gasteiger partial charge in [-0.3, -0.25) is 14.9 Å². The standard InChI is InChI=1S/C15H17BrN4O/c1-9(13-6-5-10(16)7-17-13)19-15(21)11-3-2-4-14-12(11)8-18-20-14/h5-9,11H,2-4H2,1H3,(H,18,20)(H,19,21)/t9-,11+/m0/s1. The van der Waals surface area contributed by atoms with E-state index in [0.29, 0.717) is 0 Å². The van der Waals surface area contributed by atoms with Gasteiger partial charge in [0.1, 0.15) is 0 Å². The molecule has 3 rings (SSSR count). The molecule has 5 nitrogen and oxygen atoms in total. The third kappa shape index (κ3) is 3.00. The molecule has 2 N–H and O–H groups in total. The van der Waals surface area contributed by atoms with Crippen molar-refractivity contribution in [2.24, 2.45) is 0 Å². The molecule has 0 radical (unpaired) electrons. The molecule has 0 saturated heterocycles. The number of aromatic amines is 1. The Morgan fingerprint density at radius 2 is 2.33 bits per heavy atom. The maximum absolute atomic E-state index is 12.5. The molecule has 2 heterocycles. The fourth-order valence-electron chi connectivity index (χ4n) is 2.76. The van der Waals surface area contributed by atoms with E-state index < -0.39 is 0 Å². The van der Waals surface area contributed by atoms with Gasteiger partial charge in [0, 0.05) is 21.9 Å². The van der Waals surface area contributed by atoms with Crippen molar-refractivity contribution in [3.63, 3.8) is 0 Å². The van der Waals surface area contributed by atoms with Gasteiger partial charge >= 0.3 is 0 Å². The molecule has 0 unspecified atom stereocenters. The average molecular weight is 349 g/mol. The number of aromatic nitrogens is 3. The number of fused-ring (bicyclic) bond motifs is 1. The lowest BCUT2D eigenvalue weighted by Crippen LogP contribution is -2.33. The van der Waals surface area contributed by atoms with Crippen molar-refractivity contribution in [1.82, 2.24) is 20.5 Å². The molecule has 0 bridgehead atoms. The first-order valence-corrected chi connectivity index (χ1v) is 7.88. The summed E-state index contributed by atoms with van der Waals surface area (Å²) in [5, 5.41) is 10.1. The summed E-state index contributed by atoms with van der Waals surface area (Å²) in [5.41, 5.74) is 2.99. The van der Waals surface area contributed by atoms with Gasteiger partial charge in [-0.05, 0) is 54.2 Å². The van der Waals surface area contributed by atoms with E-state index in [4.69, 9.17) is 0 Å². The fourth-order valence-corrected chi connectivity index (χ4v) is 3.00. The zero-order valence-electron chi connectivity index (χ0n) is 11.8. The van der Waals surface area contributed by atoms with Crippen LogP contribution in [-0.4, -0.2) is 21.1 Å². The largest absolute Gasteiger partial charge is 0.347 e. The Morgan fingerprint density at radius 3 is 3.10 bits per heavy atom. The van der Waals surface area contributed by atoms with Crippen LogP contribution >= 0.6 is 15.9 Å². The summed E-state index contributed by atoms with van der Waals surface area (Å²) >= 11 is 3.36. The summed E-state index contributed by atoms with van der Waals surface area (Å²) in [6.07, 6.45) is 6.38. The highest BCUT2D eigenvalue weighted by molar-refractivity contribution is 9.10. The van der Waals surface area contributed by atoms with Crippen molar-refractivity contribution in [3.8, 4) is 0 Å². The maximum Gasteiger partial charge on any atom is 0.228 e. The first-order chi connectivity index (χ1) is 10.1. The first kappa shape index (κ1) is 14.3. The molecule has 6 heteroatoms. The summed E-state index contributed by atoms with van der Waals surface area (Å²) in [4.78, 5) is 16.9. The lowest BCUT2D eigenvalue weighted by molar-refractivity contribution is -0.123. The van der Waals surface area contributed by atoms with Crippen LogP contribution in [-0.2, 0) is 11.2 Å². The smallest absolute Gasteiger partial charge is 0.228 e. The van der Waals surface area contributed by atoms with E-state index in [2.05, 4.69) is 36.4 Å². The van der Waals surface area contributed by atoms with E-state index in [9.17, 15) is 4.79 Å². The third-order valence-electron chi connectivity index (χ3n) is 3.92. The topological polar surface area (TPSA) is 70.7 Å². The Balaban J connectivity index is 1.71. The molecule has 1 aliphatic rings. The van der Waals surface area contributed by atoms with Crippen LogP contribution in [0.4, 0.5) is 0 Å². The van der Waals surface area contributed by atoms with Crippen molar-refractivity contribution in [3.05, 3.63) is 46.0 Å². The van der Waals surface area contributed by atoms with E-state index in [1.54, 1.807) is 12.4 Å². The van der Waals surface area contributed by atoms with E-state index in [1.807, 2.05) is 19.1 Å². The minimum absolute atomic E-state index is 0.0505. The SMILES string of the molecule is C[C@H](NC(=O)[C@@H]1CCCc2[nH]ncc21)c1ccc(Br)cn1. The predicted molar refractivity (Wildman–Crippen MR) is 82.8 cm³/mol. The minimum atomic E-state index is -0.108. The van der Waals surface area contributed by atoms with Crippen molar-refractivity contribution >= 4 is 21.8 Å². The average Bonchev–Trinajstić information content (AvgIpc) is 2.96. The maximum atomic E-state index is 12.5. The fraction of sp³-hybridized carbons (Fsp3) is 0.400. The van der Waals surface area contributed by atoms with Gasteiger partial charge in [0.2, 0.25) is 5.91 Å². The molecular formula is C15H17BrN4O. The quantitative estimate of drug-likeness (QED) is 0.895. The van der Waals surface area contributed by atoms with Gasteiger partial charge < -0.3 is 5.32 Å². The molecule has 2 aromatic rings. The normalized spacial score (nSPS) is 18.9. The highest BCUT2D eigenvalue weighted by atomic mass is 79.9. The number of halogens is 1. The number of pyridine rings is 1. The van der Waals surface area contributed by atoms with Gasteiger partial charge in [-0.25, -0.2) is 0 Å². The van der Waals surface area contributed by atoms with Crippen molar-refractivity contribution in [2.45, 2.75) is 38.1 Å². The lowest BCUT2D eigenvalue weighted by Gasteiger charge is -2.23. The Labute approximate surface area is 131 Å². The lowest BCUT2D eigenvalue weighted by atomic mass is 9.86. The third-order valence-corrected chi connectivity index (χ3v) is 4.38. The van der Waals surface area contributed by atoms with Crippen LogP contribution in [0.1, 0.15) is 48.7 Å². The van der Waals surface area contributed by atoms with Gasteiger partial charge in [0.25, 0.3) is 0 Å². The van der Waals surface area contributed by atoms with Gasteiger partial charge in [-0.15, -0.1) is 0 Å². The molecule has 0 fully saturated rings. The molecule has 2 aromatic heterocycles. The second kappa shape index (κ2) is 5.97. The summed E-state index contributed by atoms with van der Waals surface area (Å²) in [6, 6.07) is 3.74. The number of amides is 1. The molecule has 2 atom stereocenters. The summed E-state index contributed by atoms with van der Waals surface area (Å²) in [5.74, 6) is -0.0556. The molecule has 0 spiro atoms. The molecule has 1 amide bonds. The zero-order valence-corrected chi connectivity index (χ0v) is 13.4. The van der Waals surface area contributed by atoms with E-state index in [0.717, 1.165) is 40.7 Å². The van der Waals surface area contributed by atoms with Crippen molar-refractivity contribution in [1.29, 1.82) is 0 Å². The molecule has 0 aliphatic heterocycles. The summed E-state index contributed by atoms with van der Waals surface area (Å²) in [7, 11) is 0. The number of rotatable bonds is 3. The number of hydrogen-bond donors (Lipinski definition) is 2. The van der Waals surface area contributed by atoms with Crippen LogP contribution in [0.25, 0.3) is 0 Å². The molecule has 1 aliphatic carbocycles. The number of carbonyl (C=O) groups is 1. The van der Waals surface area contributed by atoms with Crippen LogP contribution < -0.4 is 5.32 Å². The van der Waals surface area contributed by atoms with Crippen LogP contribution in [0.5, 0.6) is 0 Å². The minimum Gasteiger partial charge on any atom is -0.347 e. The van der Waals surface area contributed by atoms with Gasteiger partial charge in [-0.2, -0.15) is 5.10 Å². The molecule has 110 valence electrons. The van der Waals surface area contributed by atoms with Crippen LogP contribution in [0.2, 0.25) is 0 Å². The molecular weight excluding hydrogens is 332 g/mol. The van der Waals surface area contributed by atoms with Crippen LogP contribution in [0.15, 0.2) is 29.0 Å². The second-order valence-corrected chi connectivity index (χ2v) is 6.30. The summed E-state index contributed by atoms with van der Waals surface area (Å²) in [6.45, 7) is 1.95. The first-order valence-electron chi connectivity index (χ1n) is 7.09. The van der Waals surface area contributed by atoms with Gasteiger partial charge in [-0.1, -0.05) is 0 Å². The number of carbonyl (C=O) groups excluding carboxylic acids is 1. The second-order valence-electron chi connectivity index (χ2n) is 5.38. The monoisotopic (exact) mass is 348 g/mol. The Hall–Kier alpha value is -1.69. The van der Waals surface area contributed by atoms with Crippen molar-refractivity contribution < 1.29 is 4.79 Å². The van der Waals surface area contributed by atoms with Gasteiger partial charge in [0.05, 0.1) is 23.9 Å². The van der Waals surface area contributed by atoms with Crippen LogP contribution in [0, 0.1) is 0 Å². The number of hydrogen-bond acceptors (Lipinski definition) is 3. The number of nitrogens with one attached hydrogen (secondary N) is 2. The molecule has 21 heavy (non-hydrogen) atoms.